The maximum absolute atomic E-state index is 3.48. The summed E-state index contributed by atoms with van der Waals surface area (Å²) in [6.45, 7) is 8.08. The summed E-state index contributed by atoms with van der Waals surface area (Å²) in [7, 11) is 0. The van der Waals surface area contributed by atoms with Gasteiger partial charge in [-0.05, 0) is 11.1 Å². The Morgan fingerprint density at radius 2 is 0.944 bits per heavy atom. The van der Waals surface area contributed by atoms with Crippen LogP contribution in [0.1, 0.15) is 11.1 Å². The molecule has 18 heavy (non-hydrogen) atoms. The summed E-state index contributed by atoms with van der Waals surface area (Å²) in [5, 5.41) is 13.8. The Hall–Kier alpha value is -0.940. The lowest BCUT2D eigenvalue weighted by molar-refractivity contribution is 0.557. The molecule has 0 aromatic heterocycles. The first kappa shape index (κ1) is 13.5. The Morgan fingerprint density at radius 3 is 1.39 bits per heavy atom. The highest BCUT2D eigenvalue weighted by Crippen LogP contribution is 2.07. The molecule has 1 heterocycles. The molecule has 0 fully saturated rings. The zero-order valence-corrected chi connectivity index (χ0v) is 11.0. The van der Waals surface area contributed by atoms with Crippen LogP contribution in [0.25, 0.3) is 0 Å². The standard InChI is InChI=1S/C14H24N4/c1-2-4-14-12-18-10-8-16-6-5-15-7-9-17-11-13(14)3-1/h1-4,15-18H,5-12H2. The molecule has 0 bridgehead atoms. The summed E-state index contributed by atoms with van der Waals surface area (Å²) in [5.74, 6) is 0. The third-order valence-corrected chi connectivity index (χ3v) is 3.18. The van der Waals surface area contributed by atoms with Gasteiger partial charge in [-0.3, -0.25) is 0 Å². The van der Waals surface area contributed by atoms with Gasteiger partial charge >= 0.3 is 0 Å². The average Bonchev–Trinajstić information content (AvgIpc) is 2.41. The van der Waals surface area contributed by atoms with E-state index in [0.29, 0.717) is 0 Å². The monoisotopic (exact) mass is 248 g/mol. The second-order valence-electron chi connectivity index (χ2n) is 4.62. The van der Waals surface area contributed by atoms with Crippen molar-refractivity contribution in [1.29, 1.82) is 0 Å². The van der Waals surface area contributed by atoms with E-state index in [9.17, 15) is 0 Å². The molecule has 0 radical (unpaired) electrons. The Balaban J connectivity index is 1.91. The lowest BCUT2D eigenvalue weighted by Crippen LogP contribution is -2.35. The molecule has 1 aromatic carbocycles. The number of hydrogen-bond donors (Lipinski definition) is 4. The van der Waals surface area contributed by atoms with E-state index in [1.54, 1.807) is 0 Å². The summed E-state index contributed by atoms with van der Waals surface area (Å²) < 4.78 is 0. The van der Waals surface area contributed by atoms with E-state index in [2.05, 4.69) is 45.5 Å². The zero-order valence-electron chi connectivity index (χ0n) is 11.0. The second kappa shape index (κ2) is 8.21. The zero-order chi connectivity index (χ0) is 12.5. The summed E-state index contributed by atoms with van der Waals surface area (Å²) in [4.78, 5) is 0. The van der Waals surface area contributed by atoms with Crippen LogP contribution >= 0.6 is 0 Å². The van der Waals surface area contributed by atoms with E-state index in [4.69, 9.17) is 0 Å². The quantitative estimate of drug-likeness (QED) is 0.524. The van der Waals surface area contributed by atoms with Crippen LogP contribution < -0.4 is 21.3 Å². The molecular weight excluding hydrogens is 224 g/mol. The van der Waals surface area contributed by atoms with Crippen LogP contribution in [0.15, 0.2) is 24.3 Å². The van der Waals surface area contributed by atoms with Gasteiger partial charge in [-0.15, -0.1) is 0 Å². The van der Waals surface area contributed by atoms with E-state index in [1.165, 1.54) is 11.1 Å². The summed E-state index contributed by atoms with van der Waals surface area (Å²) in [5.41, 5.74) is 2.80. The van der Waals surface area contributed by atoms with Crippen LogP contribution in [0.2, 0.25) is 0 Å². The van der Waals surface area contributed by atoms with Gasteiger partial charge in [-0.1, -0.05) is 24.3 Å². The molecule has 4 nitrogen and oxygen atoms in total. The molecule has 4 N–H and O–H groups in total. The summed E-state index contributed by atoms with van der Waals surface area (Å²) >= 11 is 0. The lowest BCUT2D eigenvalue weighted by Gasteiger charge is -2.13. The van der Waals surface area contributed by atoms with Crippen LogP contribution in [-0.4, -0.2) is 39.3 Å². The first-order chi connectivity index (χ1) is 8.97. The predicted molar refractivity (Wildman–Crippen MR) is 75.6 cm³/mol. The van der Waals surface area contributed by atoms with E-state index in [1.807, 2.05) is 0 Å². The van der Waals surface area contributed by atoms with Crippen molar-refractivity contribution >= 4 is 0 Å². The number of benzene rings is 1. The Bertz CT molecular complexity index is 307. The molecule has 1 aliphatic rings. The first-order valence-electron chi connectivity index (χ1n) is 6.86. The van der Waals surface area contributed by atoms with Gasteiger partial charge in [0.1, 0.15) is 0 Å². The highest BCUT2D eigenvalue weighted by molar-refractivity contribution is 5.26. The number of nitrogens with one attached hydrogen (secondary N) is 4. The Morgan fingerprint density at radius 1 is 0.556 bits per heavy atom. The van der Waals surface area contributed by atoms with Gasteiger partial charge in [-0.2, -0.15) is 0 Å². The van der Waals surface area contributed by atoms with Crippen molar-refractivity contribution in [2.45, 2.75) is 13.1 Å². The Labute approximate surface area is 110 Å². The lowest BCUT2D eigenvalue weighted by atomic mass is 10.1. The van der Waals surface area contributed by atoms with E-state index in [-0.39, 0.29) is 0 Å². The van der Waals surface area contributed by atoms with Gasteiger partial charge in [0.25, 0.3) is 0 Å². The fourth-order valence-corrected chi connectivity index (χ4v) is 2.13. The largest absolute Gasteiger partial charge is 0.314 e. The molecule has 4 heteroatoms. The SMILES string of the molecule is c1ccc2c(c1)CNCCNCCNCCNC2. The first-order valence-corrected chi connectivity index (χ1v) is 6.86. The molecule has 0 saturated carbocycles. The van der Waals surface area contributed by atoms with Crippen molar-refractivity contribution in [3.8, 4) is 0 Å². The minimum atomic E-state index is 0.956. The summed E-state index contributed by atoms with van der Waals surface area (Å²) in [6.07, 6.45) is 0. The molecular formula is C14H24N4. The summed E-state index contributed by atoms with van der Waals surface area (Å²) in [6, 6.07) is 8.65. The number of hydrogen-bond acceptors (Lipinski definition) is 4. The second-order valence-corrected chi connectivity index (χ2v) is 4.62. The molecule has 0 aliphatic carbocycles. The smallest absolute Gasteiger partial charge is 0.0209 e. The average molecular weight is 248 g/mol. The van der Waals surface area contributed by atoms with Crippen molar-refractivity contribution < 1.29 is 0 Å². The molecule has 0 unspecified atom stereocenters. The molecule has 0 amide bonds. The maximum Gasteiger partial charge on any atom is 0.0209 e. The van der Waals surface area contributed by atoms with Crippen LogP contribution in [0, 0.1) is 0 Å². The third-order valence-electron chi connectivity index (χ3n) is 3.18. The van der Waals surface area contributed by atoms with Crippen LogP contribution in [-0.2, 0) is 13.1 Å². The number of rotatable bonds is 0. The minimum absolute atomic E-state index is 0.956. The fraction of sp³-hybridized carbons (Fsp3) is 0.571. The normalized spacial score (nSPS) is 19.8. The van der Waals surface area contributed by atoms with Crippen LogP contribution in [0.3, 0.4) is 0 Å². The highest BCUT2D eigenvalue weighted by Gasteiger charge is 2.01. The van der Waals surface area contributed by atoms with E-state index in [0.717, 1.165) is 52.4 Å². The van der Waals surface area contributed by atoms with Gasteiger partial charge in [0.05, 0.1) is 0 Å². The molecule has 1 aliphatic heterocycles. The third kappa shape index (κ3) is 4.74. The van der Waals surface area contributed by atoms with Crippen molar-refractivity contribution in [1.82, 2.24) is 21.3 Å². The van der Waals surface area contributed by atoms with Gasteiger partial charge in [0.2, 0.25) is 0 Å². The van der Waals surface area contributed by atoms with Crippen molar-refractivity contribution in [3.05, 3.63) is 35.4 Å². The van der Waals surface area contributed by atoms with Gasteiger partial charge in [0.15, 0.2) is 0 Å². The molecule has 1 aromatic rings. The molecule has 0 saturated heterocycles. The van der Waals surface area contributed by atoms with Crippen molar-refractivity contribution in [2.75, 3.05) is 39.3 Å². The van der Waals surface area contributed by atoms with Gasteiger partial charge < -0.3 is 21.3 Å². The molecule has 0 atom stereocenters. The molecule has 2 rings (SSSR count). The predicted octanol–water partition coefficient (Wildman–Crippen LogP) is 0.0586. The van der Waals surface area contributed by atoms with E-state index >= 15 is 0 Å². The van der Waals surface area contributed by atoms with E-state index < -0.39 is 0 Å². The molecule has 100 valence electrons. The van der Waals surface area contributed by atoms with Crippen molar-refractivity contribution in [3.63, 3.8) is 0 Å². The topological polar surface area (TPSA) is 48.1 Å². The number of fused-ring (bicyclic) bond motifs is 1. The van der Waals surface area contributed by atoms with Gasteiger partial charge in [0, 0.05) is 52.4 Å². The van der Waals surface area contributed by atoms with Gasteiger partial charge in [-0.25, -0.2) is 0 Å². The fourth-order valence-electron chi connectivity index (χ4n) is 2.13. The maximum atomic E-state index is 3.48. The molecule has 0 spiro atoms. The minimum Gasteiger partial charge on any atom is -0.314 e. The van der Waals surface area contributed by atoms with Crippen LogP contribution in [0.4, 0.5) is 0 Å². The highest BCUT2D eigenvalue weighted by atomic mass is 15.0. The Kier molecular flexibility index (Phi) is 6.16. The van der Waals surface area contributed by atoms with Crippen molar-refractivity contribution in [2.24, 2.45) is 0 Å². The van der Waals surface area contributed by atoms with Crippen LogP contribution in [0.5, 0.6) is 0 Å².